The lowest BCUT2D eigenvalue weighted by Crippen LogP contribution is -2.60. The van der Waals surface area contributed by atoms with Crippen molar-refractivity contribution in [3.8, 4) is 0 Å². The molecular formula is C22H24O6. The van der Waals surface area contributed by atoms with Crippen LogP contribution in [0.15, 0.2) is 60.7 Å². The van der Waals surface area contributed by atoms with Crippen molar-refractivity contribution in [1.82, 2.24) is 0 Å². The number of carbonyl (C=O) groups excluding carboxylic acids is 1. The van der Waals surface area contributed by atoms with Crippen molar-refractivity contribution in [1.29, 1.82) is 0 Å². The quantitative estimate of drug-likeness (QED) is 0.714. The van der Waals surface area contributed by atoms with Crippen LogP contribution in [0.5, 0.6) is 0 Å². The first kappa shape index (κ1) is 19.2. The summed E-state index contributed by atoms with van der Waals surface area (Å²) >= 11 is 0. The number of benzene rings is 2. The predicted octanol–water partition coefficient (Wildman–Crippen LogP) is 2.87. The molecule has 6 nitrogen and oxygen atoms in total. The van der Waals surface area contributed by atoms with Crippen molar-refractivity contribution in [3.05, 3.63) is 71.8 Å². The van der Waals surface area contributed by atoms with Crippen molar-refractivity contribution in [2.24, 2.45) is 5.92 Å². The Morgan fingerprint density at radius 2 is 1.75 bits per heavy atom. The van der Waals surface area contributed by atoms with Crippen LogP contribution in [0.25, 0.3) is 0 Å². The van der Waals surface area contributed by atoms with Gasteiger partial charge in [-0.05, 0) is 5.56 Å². The van der Waals surface area contributed by atoms with Crippen molar-refractivity contribution >= 4 is 6.29 Å². The lowest BCUT2D eigenvalue weighted by atomic mass is 9.91. The molecule has 6 heteroatoms. The first-order valence-electron chi connectivity index (χ1n) is 9.41. The standard InChI is InChI=1S/C22H24O6/c1-24-22-17(12-23)19(25-13-15-8-4-2-5-9-15)20-18(27-22)14-26-21(28-20)16-10-6-3-7-11-16/h2-12,17-22H,13-14H2,1H3/t17-,18+,19+,20+,21+,22-/m0/s1. The van der Waals surface area contributed by atoms with E-state index in [1.54, 1.807) is 0 Å². The van der Waals surface area contributed by atoms with Gasteiger partial charge in [0.2, 0.25) is 0 Å². The summed E-state index contributed by atoms with van der Waals surface area (Å²) in [5.74, 6) is -0.593. The van der Waals surface area contributed by atoms with Crippen LogP contribution in [0.3, 0.4) is 0 Å². The average Bonchev–Trinajstić information content (AvgIpc) is 2.77. The Morgan fingerprint density at radius 3 is 2.43 bits per heavy atom. The van der Waals surface area contributed by atoms with Gasteiger partial charge in [-0.3, -0.25) is 0 Å². The number of carbonyl (C=O) groups is 1. The van der Waals surface area contributed by atoms with Gasteiger partial charge in [0.05, 0.1) is 19.1 Å². The van der Waals surface area contributed by atoms with E-state index in [4.69, 9.17) is 23.7 Å². The van der Waals surface area contributed by atoms with Crippen LogP contribution in [-0.2, 0) is 35.1 Å². The maximum atomic E-state index is 11.9. The zero-order chi connectivity index (χ0) is 19.3. The maximum absolute atomic E-state index is 11.9. The van der Waals surface area contributed by atoms with Gasteiger partial charge in [-0.1, -0.05) is 60.7 Å². The van der Waals surface area contributed by atoms with E-state index in [0.29, 0.717) is 13.2 Å². The molecule has 2 aliphatic rings. The number of aldehydes is 1. The summed E-state index contributed by atoms with van der Waals surface area (Å²) in [6.07, 6.45) is -1.71. The van der Waals surface area contributed by atoms with Gasteiger partial charge in [-0.15, -0.1) is 0 Å². The van der Waals surface area contributed by atoms with Crippen molar-refractivity contribution in [2.45, 2.75) is 37.5 Å². The number of fused-ring (bicyclic) bond motifs is 1. The SMILES string of the molecule is CO[C@H]1O[C@@H]2CO[C@@H](c3ccccc3)O[C@H]2[C@H](OCc2ccccc2)[C@@H]1C=O. The van der Waals surface area contributed by atoms with Gasteiger partial charge < -0.3 is 28.5 Å². The molecule has 2 heterocycles. The molecule has 2 aromatic carbocycles. The Labute approximate surface area is 164 Å². The number of ether oxygens (including phenoxy) is 5. The number of rotatable bonds is 6. The van der Waals surface area contributed by atoms with Crippen molar-refractivity contribution in [3.63, 3.8) is 0 Å². The molecule has 2 aromatic rings. The largest absolute Gasteiger partial charge is 0.370 e. The Bertz CT molecular complexity index is 752. The molecule has 2 aliphatic heterocycles. The van der Waals surface area contributed by atoms with Gasteiger partial charge in [0, 0.05) is 12.7 Å². The Balaban J connectivity index is 1.55. The number of hydrogen-bond donors (Lipinski definition) is 0. The predicted molar refractivity (Wildman–Crippen MR) is 100 cm³/mol. The van der Waals surface area contributed by atoms with Gasteiger partial charge in [0.25, 0.3) is 0 Å². The lowest BCUT2D eigenvalue weighted by molar-refractivity contribution is -0.350. The summed E-state index contributed by atoms with van der Waals surface area (Å²) in [7, 11) is 1.52. The fraction of sp³-hybridized carbons (Fsp3) is 0.409. The van der Waals surface area contributed by atoms with E-state index in [1.807, 2.05) is 60.7 Å². The normalized spacial score (nSPS) is 32.5. The fourth-order valence-corrected chi connectivity index (χ4v) is 3.70. The van der Waals surface area contributed by atoms with Crippen LogP contribution in [0.4, 0.5) is 0 Å². The third-order valence-corrected chi connectivity index (χ3v) is 5.13. The van der Waals surface area contributed by atoms with Crippen LogP contribution < -0.4 is 0 Å². The second-order valence-corrected chi connectivity index (χ2v) is 6.93. The smallest absolute Gasteiger partial charge is 0.184 e. The Kier molecular flexibility index (Phi) is 6.14. The highest BCUT2D eigenvalue weighted by molar-refractivity contribution is 5.56. The Hall–Kier alpha value is -2.09. The van der Waals surface area contributed by atoms with E-state index >= 15 is 0 Å². The van der Waals surface area contributed by atoms with Crippen LogP contribution in [0.2, 0.25) is 0 Å². The minimum Gasteiger partial charge on any atom is -0.370 e. The van der Waals surface area contributed by atoms with Crippen LogP contribution >= 0.6 is 0 Å². The number of methoxy groups -OCH3 is 1. The van der Waals surface area contributed by atoms with Crippen LogP contribution in [-0.4, -0.2) is 44.6 Å². The summed E-state index contributed by atoms with van der Waals surface area (Å²) in [4.78, 5) is 11.9. The van der Waals surface area contributed by atoms with Gasteiger partial charge in [-0.25, -0.2) is 0 Å². The molecule has 0 aromatic heterocycles. The molecule has 0 N–H and O–H groups in total. The molecule has 0 radical (unpaired) electrons. The third-order valence-electron chi connectivity index (χ3n) is 5.13. The molecule has 6 atom stereocenters. The molecule has 4 rings (SSSR count). The zero-order valence-electron chi connectivity index (χ0n) is 15.7. The number of hydrogen-bond acceptors (Lipinski definition) is 6. The molecule has 2 fully saturated rings. The van der Waals surface area contributed by atoms with E-state index in [0.717, 1.165) is 17.4 Å². The Morgan fingerprint density at radius 1 is 1.04 bits per heavy atom. The molecule has 0 aliphatic carbocycles. The minimum absolute atomic E-state index is 0.334. The molecule has 0 amide bonds. The topological polar surface area (TPSA) is 63.2 Å². The second-order valence-electron chi connectivity index (χ2n) is 6.93. The monoisotopic (exact) mass is 384 g/mol. The lowest BCUT2D eigenvalue weighted by Gasteiger charge is -2.47. The first-order chi connectivity index (χ1) is 13.8. The fourth-order valence-electron chi connectivity index (χ4n) is 3.70. The van der Waals surface area contributed by atoms with Gasteiger partial charge >= 0.3 is 0 Å². The molecule has 148 valence electrons. The van der Waals surface area contributed by atoms with E-state index in [2.05, 4.69) is 0 Å². The van der Waals surface area contributed by atoms with E-state index < -0.39 is 30.7 Å². The van der Waals surface area contributed by atoms with Gasteiger partial charge in [0.1, 0.15) is 24.6 Å². The van der Waals surface area contributed by atoms with Crippen LogP contribution in [0.1, 0.15) is 17.4 Å². The van der Waals surface area contributed by atoms with E-state index in [1.165, 1.54) is 7.11 Å². The van der Waals surface area contributed by atoms with Crippen molar-refractivity contribution < 1.29 is 28.5 Å². The molecule has 0 unspecified atom stereocenters. The second kappa shape index (κ2) is 8.94. The van der Waals surface area contributed by atoms with Crippen LogP contribution in [0, 0.1) is 5.92 Å². The van der Waals surface area contributed by atoms with E-state index in [-0.39, 0.29) is 6.10 Å². The molecular weight excluding hydrogens is 360 g/mol. The highest BCUT2D eigenvalue weighted by atomic mass is 16.7. The zero-order valence-corrected chi connectivity index (χ0v) is 15.7. The summed E-state index contributed by atoms with van der Waals surface area (Å²) in [5, 5.41) is 0. The maximum Gasteiger partial charge on any atom is 0.184 e. The molecule has 0 saturated carbocycles. The summed E-state index contributed by atoms with van der Waals surface area (Å²) in [6, 6.07) is 19.5. The molecule has 2 saturated heterocycles. The summed E-state index contributed by atoms with van der Waals surface area (Å²) in [5.41, 5.74) is 1.94. The minimum atomic E-state index is -0.694. The first-order valence-corrected chi connectivity index (χ1v) is 9.41. The molecule has 0 bridgehead atoms. The molecule has 0 spiro atoms. The summed E-state index contributed by atoms with van der Waals surface area (Å²) < 4.78 is 29.6. The summed E-state index contributed by atoms with van der Waals surface area (Å²) in [6.45, 7) is 0.705. The highest BCUT2D eigenvalue weighted by Crippen LogP contribution is 2.37. The van der Waals surface area contributed by atoms with Gasteiger partial charge in [-0.2, -0.15) is 0 Å². The van der Waals surface area contributed by atoms with Crippen molar-refractivity contribution in [2.75, 3.05) is 13.7 Å². The van der Waals surface area contributed by atoms with E-state index in [9.17, 15) is 4.79 Å². The highest BCUT2D eigenvalue weighted by Gasteiger charge is 2.50. The average molecular weight is 384 g/mol. The van der Waals surface area contributed by atoms with Gasteiger partial charge in [0.15, 0.2) is 12.6 Å². The third kappa shape index (κ3) is 4.01. The molecule has 28 heavy (non-hydrogen) atoms.